The van der Waals surface area contributed by atoms with E-state index < -0.39 is 10.8 Å². The van der Waals surface area contributed by atoms with Crippen LogP contribution in [0.4, 0.5) is 11.5 Å². The number of nitrogens with zero attached hydrogens (tertiary/aromatic N) is 7. The van der Waals surface area contributed by atoms with Gasteiger partial charge in [0.2, 0.25) is 29.5 Å². The molecule has 2 N–H and O–H groups in total. The van der Waals surface area contributed by atoms with Crippen molar-refractivity contribution in [2.45, 2.75) is 178 Å². The normalized spacial score (nSPS) is 27.1. The van der Waals surface area contributed by atoms with Crippen LogP contribution in [0.1, 0.15) is 159 Å². The monoisotopic (exact) mass is 1010 g/mol. The molecule has 8 aliphatic rings. The summed E-state index contributed by atoms with van der Waals surface area (Å²) in [7, 11) is 0. The maximum Gasteiger partial charge on any atom is 0.238 e. The van der Waals surface area contributed by atoms with Gasteiger partial charge in [-0.25, -0.2) is 9.97 Å². The van der Waals surface area contributed by atoms with Gasteiger partial charge in [-0.3, -0.25) is 29.3 Å². The third-order valence-electron chi connectivity index (χ3n) is 18.8. The molecule has 5 aliphatic heterocycles. The molecule has 392 valence electrons. The Hall–Kier alpha value is -5.83. The Balaban J connectivity index is 0.692. The van der Waals surface area contributed by atoms with E-state index >= 15 is 4.79 Å². The number of pyridine rings is 1. The highest BCUT2D eigenvalue weighted by Crippen LogP contribution is 2.53. The van der Waals surface area contributed by atoms with Crippen molar-refractivity contribution >= 4 is 52.1 Å². The van der Waals surface area contributed by atoms with Crippen molar-refractivity contribution in [2.75, 3.05) is 49.5 Å². The molecule has 15 heteroatoms. The predicted octanol–water partition coefficient (Wildman–Crippen LogP) is 8.57. The van der Waals surface area contributed by atoms with Crippen molar-refractivity contribution in [3.63, 3.8) is 0 Å². The van der Waals surface area contributed by atoms with Crippen molar-refractivity contribution < 1.29 is 28.7 Å². The van der Waals surface area contributed by atoms with E-state index in [1.54, 1.807) is 0 Å². The first-order valence-corrected chi connectivity index (χ1v) is 28.3. The molecule has 0 radical (unpaired) electrons. The Morgan fingerprint density at radius 1 is 0.811 bits per heavy atom. The lowest BCUT2D eigenvalue weighted by atomic mass is 9.72. The Kier molecular flexibility index (Phi) is 12.9. The van der Waals surface area contributed by atoms with Crippen molar-refractivity contribution in [2.24, 2.45) is 11.3 Å². The Labute approximate surface area is 435 Å². The summed E-state index contributed by atoms with van der Waals surface area (Å²) in [5.41, 5.74) is 6.49. The molecule has 5 amide bonds. The van der Waals surface area contributed by atoms with Gasteiger partial charge in [-0.1, -0.05) is 37.6 Å². The number of imide groups is 1. The molecular formula is C59H75N9O6. The van der Waals surface area contributed by atoms with Crippen LogP contribution < -0.4 is 20.3 Å². The van der Waals surface area contributed by atoms with E-state index in [0.29, 0.717) is 76.8 Å². The SMILES string of the molecule is Cc1cc([C@H]2CCC(=O)NC2=O)ccc1OC1CCC(C(=O)N2CCC(C)(C(=O)N3CCC4(CC3)C(=O)N(C3CC(N5CCCCC5)C3)c3cc(-c5cc6ncn(C(C)C)c6c(NC6CC6)n5)ccc34)CC2)CC1. The van der Waals surface area contributed by atoms with Crippen molar-refractivity contribution in [1.29, 1.82) is 0 Å². The molecule has 7 heterocycles. The number of ether oxygens (including phenoxy) is 1. The van der Waals surface area contributed by atoms with Crippen LogP contribution in [0.15, 0.2) is 48.8 Å². The third-order valence-corrected chi connectivity index (χ3v) is 18.8. The Morgan fingerprint density at radius 2 is 1.54 bits per heavy atom. The molecule has 3 saturated carbocycles. The average Bonchev–Trinajstić information content (AvgIpc) is 4.07. The molecular weight excluding hydrogens is 931 g/mol. The standard InChI is InChI=1S/C59H75N9O6/c1-36(2)67-35-60-48-34-47(62-53(52(48)67)61-41-12-13-41)40-10-17-46-49(31-40)68(43-32-42(33-43)64-24-6-5-7-25-64)57(73)59(46)22-28-66(29-23-59)56(72)58(4)20-26-65(27-21-58)55(71)38-8-14-44(15-9-38)74-50-18-11-39(30-37(50)3)45-16-19-51(69)63-54(45)70/h10-11,17-18,30-31,34-36,38,41-45H,5-9,12-16,19-29,32-33H2,1-4H3,(H,61,62)(H,63,69,70)/t38?,42?,43?,44?,45-/m1/s1. The van der Waals surface area contributed by atoms with E-state index in [9.17, 15) is 19.2 Å². The summed E-state index contributed by atoms with van der Waals surface area (Å²) in [4.78, 5) is 87.0. The molecule has 74 heavy (non-hydrogen) atoms. The number of carbonyl (C=O) groups excluding carboxylic acids is 5. The highest BCUT2D eigenvalue weighted by Gasteiger charge is 2.57. The molecule has 2 aromatic heterocycles. The van der Waals surface area contributed by atoms with Gasteiger partial charge in [0.05, 0.1) is 35.0 Å². The molecule has 4 saturated heterocycles. The van der Waals surface area contributed by atoms with E-state index in [1.807, 2.05) is 41.2 Å². The molecule has 0 unspecified atom stereocenters. The fourth-order valence-corrected chi connectivity index (χ4v) is 13.9. The summed E-state index contributed by atoms with van der Waals surface area (Å²) in [5, 5.41) is 6.16. The molecule has 4 aromatic rings. The predicted molar refractivity (Wildman–Crippen MR) is 284 cm³/mol. The minimum atomic E-state index is -0.686. The lowest BCUT2D eigenvalue weighted by Crippen LogP contribution is -2.59. The number of carbonyl (C=O) groups is 5. The maximum atomic E-state index is 15.3. The van der Waals surface area contributed by atoms with Crippen LogP contribution in [0.25, 0.3) is 22.3 Å². The van der Waals surface area contributed by atoms with Gasteiger partial charge in [0.1, 0.15) is 11.3 Å². The van der Waals surface area contributed by atoms with E-state index in [0.717, 1.165) is 121 Å². The number of imidazole rings is 1. The van der Waals surface area contributed by atoms with Crippen LogP contribution in [0, 0.1) is 18.3 Å². The van der Waals surface area contributed by atoms with Crippen molar-refractivity contribution in [3.8, 4) is 17.0 Å². The molecule has 1 spiro atoms. The van der Waals surface area contributed by atoms with Crippen LogP contribution in [-0.4, -0.2) is 122 Å². The van der Waals surface area contributed by atoms with Crippen LogP contribution in [0.3, 0.4) is 0 Å². The zero-order valence-electron chi connectivity index (χ0n) is 44.0. The van der Waals surface area contributed by atoms with Crippen molar-refractivity contribution in [3.05, 3.63) is 65.5 Å². The first-order chi connectivity index (χ1) is 35.7. The second-order valence-corrected chi connectivity index (χ2v) is 24.1. The number of hydrogen-bond acceptors (Lipinski definition) is 10. The average molecular weight is 1010 g/mol. The number of benzene rings is 2. The summed E-state index contributed by atoms with van der Waals surface area (Å²) in [6.07, 6.45) is 16.4. The van der Waals surface area contributed by atoms with Crippen LogP contribution in [0.2, 0.25) is 0 Å². The number of aryl methyl sites for hydroxylation is 1. The van der Waals surface area contributed by atoms with Crippen LogP contribution >= 0.6 is 0 Å². The minimum Gasteiger partial charge on any atom is -0.490 e. The maximum absolute atomic E-state index is 15.3. The number of piperidine rings is 4. The zero-order chi connectivity index (χ0) is 51.0. The van der Waals surface area contributed by atoms with Crippen LogP contribution in [0.5, 0.6) is 5.75 Å². The quantitative estimate of drug-likeness (QED) is 0.139. The fraction of sp³-hybridized carbons (Fsp3) is 0.610. The van der Waals surface area contributed by atoms with Gasteiger partial charge in [0.15, 0.2) is 5.82 Å². The van der Waals surface area contributed by atoms with E-state index in [2.05, 4.69) is 70.0 Å². The fourth-order valence-electron chi connectivity index (χ4n) is 13.9. The first kappa shape index (κ1) is 49.1. The number of rotatable bonds is 11. The van der Waals surface area contributed by atoms with Gasteiger partial charge in [-0.05, 0) is 165 Å². The number of amides is 5. The Morgan fingerprint density at radius 3 is 2.23 bits per heavy atom. The lowest BCUT2D eigenvalue weighted by Gasteiger charge is -2.48. The van der Waals surface area contributed by atoms with Gasteiger partial charge in [0, 0.05) is 79.4 Å². The van der Waals surface area contributed by atoms with Gasteiger partial charge in [-0.2, -0.15) is 0 Å². The number of aromatic nitrogens is 3. The smallest absolute Gasteiger partial charge is 0.238 e. The van der Waals surface area contributed by atoms with E-state index in [-0.39, 0.29) is 59.6 Å². The van der Waals surface area contributed by atoms with Gasteiger partial charge in [0.25, 0.3) is 0 Å². The largest absolute Gasteiger partial charge is 0.490 e. The highest BCUT2D eigenvalue weighted by molar-refractivity contribution is 6.09. The second kappa shape index (κ2) is 19.4. The molecule has 12 rings (SSSR count). The molecule has 7 fully saturated rings. The third kappa shape index (κ3) is 8.95. The van der Waals surface area contributed by atoms with Crippen molar-refractivity contribution in [1.82, 2.24) is 34.6 Å². The molecule has 15 nitrogen and oxygen atoms in total. The lowest BCUT2D eigenvalue weighted by molar-refractivity contribution is -0.150. The number of hydrogen-bond donors (Lipinski definition) is 2. The summed E-state index contributed by atoms with van der Waals surface area (Å²) < 4.78 is 8.66. The minimum absolute atomic E-state index is 0.00991. The van der Waals surface area contributed by atoms with Gasteiger partial charge in [-0.15, -0.1) is 0 Å². The number of nitrogens with one attached hydrogen (secondary N) is 2. The molecule has 2 aromatic carbocycles. The number of fused-ring (bicyclic) bond motifs is 3. The summed E-state index contributed by atoms with van der Waals surface area (Å²) in [6, 6.07) is 15.9. The highest BCUT2D eigenvalue weighted by atomic mass is 16.5. The second-order valence-electron chi connectivity index (χ2n) is 24.1. The first-order valence-electron chi connectivity index (χ1n) is 28.3. The molecule has 0 bridgehead atoms. The van der Waals surface area contributed by atoms with Gasteiger partial charge >= 0.3 is 0 Å². The summed E-state index contributed by atoms with van der Waals surface area (Å²) in [5.74, 6) is 1.35. The molecule has 3 aliphatic carbocycles. The Bertz CT molecular complexity index is 2850. The topological polar surface area (TPSA) is 162 Å². The van der Waals surface area contributed by atoms with E-state index in [1.165, 1.54) is 19.3 Å². The number of likely N-dealkylation sites (tertiary alicyclic amines) is 3. The van der Waals surface area contributed by atoms with Gasteiger partial charge < -0.3 is 34.2 Å². The summed E-state index contributed by atoms with van der Waals surface area (Å²) >= 11 is 0. The number of anilines is 2. The van der Waals surface area contributed by atoms with Crippen LogP contribution in [-0.2, 0) is 29.4 Å². The zero-order valence-corrected chi connectivity index (χ0v) is 44.0. The summed E-state index contributed by atoms with van der Waals surface area (Å²) in [6.45, 7) is 12.9. The van der Waals surface area contributed by atoms with E-state index in [4.69, 9.17) is 14.7 Å². The molecule has 1 atom stereocenters.